The molecule has 0 aliphatic heterocycles. The van der Waals surface area contributed by atoms with Crippen molar-refractivity contribution in [3.63, 3.8) is 0 Å². The first-order valence-electron chi connectivity index (χ1n) is 1.82. The Bertz CT molecular complexity index is 153. The van der Waals surface area contributed by atoms with Crippen molar-refractivity contribution < 1.29 is 14.6 Å². The van der Waals surface area contributed by atoms with Crippen molar-refractivity contribution in [2.45, 2.75) is 5.16 Å². The van der Waals surface area contributed by atoms with Crippen molar-refractivity contribution in [1.29, 1.82) is 0 Å². The number of aromatic amines is 1. The summed E-state index contributed by atoms with van der Waals surface area (Å²) in [6.45, 7) is 0. The van der Waals surface area contributed by atoms with E-state index in [0.29, 0.717) is 17.2 Å². The van der Waals surface area contributed by atoms with Gasteiger partial charge in [-0.25, -0.2) is 10.4 Å². The number of aromatic nitrogens is 4. The third-order valence-corrected chi connectivity index (χ3v) is 0.929. The number of nitrogens with zero attached hydrogens (tertiary/aromatic N) is 3. The SMILES string of the molecule is OOOSc1nnn[nH]1. The molecule has 1 heterocycles. The van der Waals surface area contributed by atoms with Gasteiger partial charge in [0.15, 0.2) is 0 Å². The molecule has 2 N–H and O–H groups in total. The molecule has 7 nitrogen and oxygen atoms in total. The van der Waals surface area contributed by atoms with E-state index >= 15 is 0 Å². The highest BCUT2D eigenvalue weighted by Crippen LogP contribution is 2.09. The van der Waals surface area contributed by atoms with Crippen molar-refractivity contribution in [3.05, 3.63) is 0 Å². The number of hydrogen-bond acceptors (Lipinski definition) is 7. The molecular weight excluding hydrogens is 148 g/mol. The van der Waals surface area contributed by atoms with E-state index < -0.39 is 0 Å². The molecule has 0 saturated heterocycles. The lowest BCUT2D eigenvalue weighted by atomic mass is 11.4. The van der Waals surface area contributed by atoms with Crippen molar-refractivity contribution >= 4 is 12.0 Å². The molecule has 1 rings (SSSR count). The van der Waals surface area contributed by atoms with Gasteiger partial charge in [-0.1, -0.05) is 10.1 Å². The molecule has 0 aromatic carbocycles. The fourth-order valence-corrected chi connectivity index (χ4v) is 0.476. The van der Waals surface area contributed by atoms with Crippen molar-refractivity contribution in [1.82, 2.24) is 20.6 Å². The van der Waals surface area contributed by atoms with Gasteiger partial charge in [-0.3, -0.25) is 0 Å². The Morgan fingerprint density at radius 1 is 1.67 bits per heavy atom. The Labute approximate surface area is 53.4 Å². The second kappa shape index (κ2) is 3.35. The van der Waals surface area contributed by atoms with Crippen LogP contribution in [0.5, 0.6) is 0 Å². The molecule has 0 radical (unpaired) electrons. The lowest BCUT2D eigenvalue weighted by Gasteiger charge is -1.86. The quantitative estimate of drug-likeness (QED) is 0.345. The van der Waals surface area contributed by atoms with Crippen LogP contribution in [0.3, 0.4) is 0 Å². The zero-order valence-corrected chi connectivity index (χ0v) is 4.83. The van der Waals surface area contributed by atoms with Crippen molar-refractivity contribution in [2.24, 2.45) is 0 Å². The predicted molar refractivity (Wildman–Crippen MR) is 24.8 cm³/mol. The Morgan fingerprint density at radius 2 is 2.56 bits per heavy atom. The summed E-state index contributed by atoms with van der Waals surface area (Å²) in [5, 5.41) is 23.4. The molecule has 8 heteroatoms. The highest BCUT2D eigenvalue weighted by molar-refractivity contribution is 7.94. The van der Waals surface area contributed by atoms with Crippen LogP contribution in [-0.4, -0.2) is 25.9 Å². The van der Waals surface area contributed by atoms with Gasteiger partial charge in [0.25, 0.3) is 0 Å². The minimum Gasteiger partial charge on any atom is -0.232 e. The van der Waals surface area contributed by atoms with Crippen LogP contribution >= 0.6 is 12.0 Å². The zero-order valence-electron chi connectivity index (χ0n) is 4.01. The number of rotatable bonds is 3. The van der Waals surface area contributed by atoms with Gasteiger partial charge in [0.1, 0.15) is 12.0 Å². The molecule has 1 aromatic heterocycles. The van der Waals surface area contributed by atoms with Crippen LogP contribution in [0.15, 0.2) is 5.16 Å². The van der Waals surface area contributed by atoms with Crippen molar-refractivity contribution in [3.8, 4) is 0 Å². The van der Waals surface area contributed by atoms with E-state index in [-0.39, 0.29) is 0 Å². The van der Waals surface area contributed by atoms with Crippen LogP contribution < -0.4 is 0 Å². The van der Waals surface area contributed by atoms with Crippen LogP contribution in [0.1, 0.15) is 0 Å². The van der Waals surface area contributed by atoms with E-state index in [1.54, 1.807) is 0 Å². The summed E-state index contributed by atoms with van der Waals surface area (Å²) < 4.78 is 3.98. The number of nitrogens with one attached hydrogen (secondary N) is 1. The van der Waals surface area contributed by atoms with E-state index in [1.165, 1.54) is 0 Å². The standard InChI is InChI=1S/CH2N4O3S/c6-7-8-9-1-2-4-5-3-1/h6H,(H,2,3,4,5). The van der Waals surface area contributed by atoms with E-state index in [9.17, 15) is 0 Å². The fraction of sp³-hybridized carbons (Fsp3) is 0. The smallest absolute Gasteiger partial charge is 0.232 e. The largest absolute Gasteiger partial charge is 0.237 e. The average Bonchev–Trinajstić information content (AvgIpc) is 2.34. The van der Waals surface area contributed by atoms with Crippen LogP contribution in [0, 0.1) is 0 Å². The summed E-state index contributed by atoms with van der Waals surface area (Å²) >= 11 is 0.663. The maximum absolute atomic E-state index is 7.64. The van der Waals surface area contributed by atoms with Gasteiger partial charge in [0, 0.05) is 0 Å². The lowest BCUT2D eigenvalue weighted by molar-refractivity contribution is -0.432. The molecular formula is CH2N4O3S. The predicted octanol–water partition coefficient (Wildman–Crippen LogP) is -0.372. The number of hydrogen-bond donors (Lipinski definition) is 2. The first-order valence-corrected chi connectivity index (χ1v) is 2.56. The van der Waals surface area contributed by atoms with Gasteiger partial charge in [-0.2, -0.15) is 0 Å². The fourth-order valence-electron chi connectivity index (χ4n) is 0.233. The van der Waals surface area contributed by atoms with Gasteiger partial charge in [0.05, 0.1) is 0 Å². The molecule has 0 bridgehead atoms. The van der Waals surface area contributed by atoms with Gasteiger partial charge in [-0.15, -0.1) is 4.33 Å². The van der Waals surface area contributed by atoms with Gasteiger partial charge in [-0.05, 0) is 10.4 Å². The molecule has 0 spiro atoms. The lowest BCUT2D eigenvalue weighted by Crippen LogP contribution is -1.79. The molecule has 9 heavy (non-hydrogen) atoms. The second-order valence-corrected chi connectivity index (χ2v) is 1.62. The second-order valence-electron chi connectivity index (χ2n) is 0.932. The summed E-state index contributed by atoms with van der Waals surface area (Å²) in [7, 11) is 0. The Morgan fingerprint density at radius 3 is 3.11 bits per heavy atom. The molecule has 0 unspecified atom stereocenters. The molecule has 0 amide bonds. The maximum atomic E-state index is 7.64. The summed E-state index contributed by atoms with van der Waals surface area (Å²) in [5.74, 6) is 0. The van der Waals surface area contributed by atoms with Crippen LogP contribution in [0.25, 0.3) is 0 Å². The normalized spacial score (nSPS) is 9.89. The monoisotopic (exact) mass is 150 g/mol. The van der Waals surface area contributed by atoms with Crippen LogP contribution in [0.2, 0.25) is 0 Å². The summed E-state index contributed by atoms with van der Waals surface area (Å²) in [5.41, 5.74) is 0. The Hall–Kier alpha value is -0.700. The summed E-state index contributed by atoms with van der Waals surface area (Å²) in [6.07, 6.45) is 0. The topological polar surface area (TPSA) is 93.2 Å². The average molecular weight is 150 g/mol. The van der Waals surface area contributed by atoms with Crippen LogP contribution in [-0.2, 0) is 9.37 Å². The Balaban J connectivity index is 2.30. The minimum absolute atomic E-state index is 0.295. The van der Waals surface area contributed by atoms with E-state index in [4.69, 9.17) is 5.26 Å². The van der Waals surface area contributed by atoms with E-state index in [1.807, 2.05) is 0 Å². The molecule has 1 aromatic rings. The first kappa shape index (κ1) is 6.42. The number of H-pyrrole nitrogens is 1. The molecule has 50 valence electrons. The molecule has 0 fully saturated rings. The van der Waals surface area contributed by atoms with E-state index in [2.05, 4.69) is 30.0 Å². The molecule has 0 aliphatic rings. The third kappa shape index (κ3) is 1.93. The minimum atomic E-state index is 0.295. The van der Waals surface area contributed by atoms with Gasteiger partial charge in [0.2, 0.25) is 5.16 Å². The maximum Gasteiger partial charge on any atom is 0.237 e. The number of tetrazole rings is 1. The molecule has 0 atom stereocenters. The highest BCUT2D eigenvalue weighted by Gasteiger charge is 1.96. The van der Waals surface area contributed by atoms with E-state index in [0.717, 1.165) is 0 Å². The zero-order chi connectivity index (χ0) is 6.53. The van der Waals surface area contributed by atoms with Gasteiger partial charge >= 0.3 is 0 Å². The third-order valence-electron chi connectivity index (χ3n) is 0.469. The molecule has 0 saturated carbocycles. The highest BCUT2D eigenvalue weighted by atomic mass is 32.2. The van der Waals surface area contributed by atoms with Crippen molar-refractivity contribution in [2.75, 3.05) is 0 Å². The van der Waals surface area contributed by atoms with Gasteiger partial charge < -0.3 is 0 Å². The first-order chi connectivity index (χ1) is 4.43. The van der Waals surface area contributed by atoms with Crippen LogP contribution in [0.4, 0.5) is 0 Å². The summed E-state index contributed by atoms with van der Waals surface area (Å²) in [6, 6.07) is 0. The molecule has 0 aliphatic carbocycles. The Kier molecular flexibility index (Phi) is 2.39. The summed E-state index contributed by atoms with van der Waals surface area (Å²) in [4.78, 5) is 0.